The summed E-state index contributed by atoms with van der Waals surface area (Å²) in [5, 5.41) is 7.44. The zero-order chi connectivity index (χ0) is 19.7. The molecular formula is C22H28N4O2. The van der Waals surface area contributed by atoms with Crippen molar-refractivity contribution in [3.8, 4) is 5.69 Å². The molecule has 0 unspecified atom stereocenters. The summed E-state index contributed by atoms with van der Waals surface area (Å²) in [6, 6.07) is 5.83. The molecule has 6 nitrogen and oxygen atoms in total. The highest BCUT2D eigenvalue weighted by Crippen LogP contribution is 2.34. The molecule has 2 saturated carbocycles. The zero-order valence-corrected chi connectivity index (χ0v) is 16.4. The molecule has 148 valence electrons. The van der Waals surface area contributed by atoms with Gasteiger partial charge in [-0.15, -0.1) is 0 Å². The minimum atomic E-state index is -0.172. The fourth-order valence-electron chi connectivity index (χ4n) is 3.95. The first kappa shape index (κ1) is 18.7. The molecule has 3 N–H and O–H groups in total. The number of hydrogen-bond donors (Lipinski definition) is 2. The van der Waals surface area contributed by atoms with E-state index >= 15 is 0 Å². The number of nitrogens with two attached hydrogens (primary N) is 1. The van der Waals surface area contributed by atoms with Gasteiger partial charge in [0.1, 0.15) is 11.4 Å². The van der Waals surface area contributed by atoms with E-state index in [1.165, 1.54) is 12.6 Å². The van der Waals surface area contributed by atoms with Crippen molar-refractivity contribution in [2.24, 2.45) is 5.92 Å². The molecule has 0 saturated heterocycles. The van der Waals surface area contributed by atoms with Gasteiger partial charge < -0.3 is 11.1 Å². The first-order valence-electron chi connectivity index (χ1n) is 10.3. The molecule has 1 aromatic carbocycles. The molecule has 0 spiro atoms. The van der Waals surface area contributed by atoms with E-state index < -0.39 is 0 Å². The van der Waals surface area contributed by atoms with E-state index in [4.69, 9.17) is 5.73 Å². The molecule has 0 bridgehead atoms. The predicted octanol–water partition coefficient (Wildman–Crippen LogP) is 3.81. The molecule has 28 heavy (non-hydrogen) atoms. The summed E-state index contributed by atoms with van der Waals surface area (Å²) >= 11 is 0. The number of ketones is 1. The largest absolute Gasteiger partial charge is 0.383 e. The third kappa shape index (κ3) is 3.96. The number of aromatic nitrogens is 2. The zero-order valence-electron chi connectivity index (χ0n) is 16.4. The second-order valence-corrected chi connectivity index (χ2v) is 8.24. The van der Waals surface area contributed by atoms with E-state index in [1.807, 2.05) is 25.1 Å². The molecule has 4 rings (SSSR count). The topological polar surface area (TPSA) is 90.0 Å². The number of aryl methyl sites for hydroxylation is 1. The van der Waals surface area contributed by atoms with Crippen LogP contribution in [0.5, 0.6) is 0 Å². The van der Waals surface area contributed by atoms with Gasteiger partial charge in [-0.25, -0.2) is 4.68 Å². The average molecular weight is 380 g/mol. The van der Waals surface area contributed by atoms with Gasteiger partial charge in [0.2, 0.25) is 0 Å². The van der Waals surface area contributed by atoms with Gasteiger partial charge in [-0.05, 0) is 50.2 Å². The summed E-state index contributed by atoms with van der Waals surface area (Å²) in [7, 11) is 0. The molecule has 1 aromatic heterocycles. The van der Waals surface area contributed by atoms with Gasteiger partial charge >= 0.3 is 0 Å². The Hall–Kier alpha value is -2.63. The van der Waals surface area contributed by atoms with Crippen LogP contribution in [0, 0.1) is 12.8 Å². The number of hydrogen-bond acceptors (Lipinski definition) is 4. The standard InChI is InChI=1S/C22H28N4O2/c1-14-7-10-16(20(27)11-15-8-9-15)12-19(14)26-21(23)18(13-24-26)22(28)25-17-5-3-2-4-6-17/h7,10,12-13,15,17H,2-6,8-9,11,23H2,1H3,(H,25,28). The lowest BCUT2D eigenvalue weighted by atomic mass is 9.95. The van der Waals surface area contributed by atoms with Crippen LogP contribution < -0.4 is 11.1 Å². The first-order valence-corrected chi connectivity index (χ1v) is 10.3. The van der Waals surface area contributed by atoms with Crippen LogP contribution in [-0.2, 0) is 0 Å². The quantitative estimate of drug-likeness (QED) is 0.746. The van der Waals surface area contributed by atoms with Crippen LogP contribution in [0.1, 0.15) is 77.6 Å². The van der Waals surface area contributed by atoms with Crippen molar-refractivity contribution in [3.63, 3.8) is 0 Å². The Balaban J connectivity index is 1.56. The number of carbonyl (C=O) groups is 2. The highest BCUT2D eigenvalue weighted by atomic mass is 16.1. The lowest BCUT2D eigenvalue weighted by Crippen LogP contribution is -2.36. The van der Waals surface area contributed by atoms with Gasteiger partial charge in [0, 0.05) is 18.0 Å². The molecule has 2 aliphatic rings. The first-order chi connectivity index (χ1) is 13.5. The maximum Gasteiger partial charge on any atom is 0.256 e. The van der Waals surface area contributed by atoms with Crippen molar-refractivity contribution in [2.75, 3.05) is 5.73 Å². The van der Waals surface area contributed by atoms with Crippen LogP contribution in [0.3, 0.4) is 0 Å². The smallest absolute Gasteiger partial charge is 0.256 e. The molecule has 2 aromatic rings. The van der Waals surface area contributed by atoms with Crippen molar-refractivity contribution in [1.82, 2.24) is 15.1 Å². The van der Waals surface area contributed by atoms with Crippen molar-refractivity contribution in [2.45, 2.75) is 64.3 Å². The number of anilines is 1. The number of Topliss-reactive ketones (excluding diaryl/α,β-unsaturated/α-hetero) is 1. The predicted molar refractivity (Wildman–Crippen MR) is 109 cm³/mol. The van der Waals surface area contributed by atoms with Crippen molar-refractivity contribution in [1.29, 1.82) is 0 Å². The Morgan fingerprint density at radius 2 is 1.93 bits per heavy atom. The third-order valence-electron chi connectivity index (χ3n) is 5.92. The van der Waals surface area contributed by atoms with Crippen LogP contribution in [0.2, 0.25) is 0 Å². The lowest BCUT2D eigenvalue weighted by Gasteiger charge is -2.22. The Labute approximate surface area is 165 Å². The van der Waals surface area contributed by atoms with Crippen LogP contribution >= 0.6 is 0 Å². The highest BCUT2D eigenvalue weighted by molar-refractivity contribution is 5.99. The van der Waals surface area contributed by atoms with Crippen molar-refractivity contribution in [3.05, 3.63) is 41.1 Å². The average Bonchev–Trinajstić information content (AvgIpc) is 3.42. The van der Waals surface area contributed by atoms with Crippen molar-refractivity contribution >= 4 is 17.5 Å². The van der Waals surface area contributed by atoms with Crippen LogP contribution in [-0.4, -0.2) is 27.5 Å². The van der Waals surface area contributed by atoms with Gasteiger partial charge in [0.15, 0.2) is 5.78 Å². The Kier molecular flexibility index (Phi) is 5.20. The SMILES string of the molecule is Cc1ccc(C(=O)CC2CC2)cc1-n1ncc(C(=O)NC2CCCCC2)c1N. The second-order valence-electron chi connectivity index (χ2n) is 8.24. The molecule has 0 atom stereocenters. The normalized spacial score (nSPS) is 17.5. The van der Waals surface area contributed by atoms with Gasteiger partial charge in [-0.2, -0.15) is 5.10 Å². The molecule has 2 fully saturated rings. The number of benzene rings is 1. The fraction of sp³-hybridized carbons (Fsp3) is 0.500. The van der Waals surface area contributed by atoms with Gasteiger partial charge in [0.05, 0.1) is 11.9 Å². The second kappa shape index (κ2) is 7.78. The molecule has 6 heteroatoms. The molecule has 2 aliphatic carbocycles. The van der Waals surface area contributed by atoms with Gasteiger partial charge in [0.25, 0.3) is 5.91 Å². The summed E-state index contributed by atoms with van der Waals surface area (Å²) in [4.78, 5) is 25.2. The van der Waals surface area contributed by atoms with E-state index in [-0.39, 0.29) is 17.7 Å². The number of nitrogens with zero attached hydrogens (tertiary/aromatic N) is 2. The number of nitrogens with one attached hydrogen (secondary N) is 1. The van der Waals surface area contributed by atoms with Gasteiger partial charge in [-0.1, -0.05) is 31.4 Å². The van der Waals surface area contributed by atoms with Crippen LogP contribution in [0.25, 0.3) is 5.69 Å². The molecular weight excluding hydrogens is 352 g/mol. The summed E-state index contributed by atoms with van der Waals surface area (Å²) in [5.74, 6) is 0.837. The van der Waals surface area contributed by atoms with Crippen molar-refractivity contribution < 1.29 is 9.59 Å². The Morgan fingerprint density at radius 3 is 2.64 bits per heavy atom. The summed E-state index contributed by atoms with van der Waals surface area (Å²) in [6.45, 7) is 1.95. The Morgan fingerprint density at radius 1 is 1.18 bits per heavy atom. The minimum Gasteiger partial charge on any atom is -0.383 e. The molecule has 0 aliphatic heterocycles. The van der Waals surface area contributed by atoms with Crippen LogP contribution in [0.15, 0.2) is 24.4 Å². The number of nitrogen functional groups attached to an aromatic ring is 1. The van der Waals surface area contributed by atoms with Gasteiger partial charge in [-0.3, -0.25) is 9.59 Å². The third-order valence-corrected chi connectivity index (χ3v) is 5.92. The van der Waals surface area contributed by atoms with E-state index in [0.717, 1.165) is 49.8 Å². The Bertz CT molecular complexity index is 892. The number of carbonyl (C=O) groups excluding carboxylic acids is 2. The molecule has 1 heterocycles. The maximum atomic E-state index is 12.7. The van der Waals surface area contributed by atoms with Crippen LogP contribution in [0.4, 0.5) is 5.82 Å². The lowest BCUT2D eigenvalue weighted by molar-refractivity contribution is 0.0927. The minimum absolute atomic E-state index is 0.157. The molecule has 0 radical (unpaired) electrons. The van der Waals surface area contributed by atoms with E-state index in [9.17, 15) is 9.59 Å². The summed E-state index contributed by atoms with van der Waals surface area (Å²) in [5.41, 5.74) is 9.05. The van der Waals surface area contributed by atoms with E-state index in [2.05, 4.69) is 10.4 Å². The summed E-state index contributed by atoms with van der Waals surface area (Å²) in [6.07, 6.45) is 10.0. The highest BCUT2D eigenvalue weighted by Gasteiger charge is 2.26. The maximum absolute atomic E-state index is 12.7. The van der Waals surface area contributed by atoms with E-state index in [1.54, 1.807) is 4.68 Å². The van der Waals surface area contributed by atoms with E-state index in [0.29, 0.717) is 29.3 Å². The number of rotatable bonds is 6. The molecule has 1 amide bonds. The monoisotopic (exact) mass is 380 g/mol. The summed E-state index contributed by atoms with van der Waals surface area (Å²) < 4.78 is 1.57. The number of amides is 1. The fourth-order valence-corrected chi connectivity index (χ4v) is 3.95.